The van der Waals surface area contributed by atoms with Crippen molar-refractivity contribution in [3.05, 3.63) is 41.2 Å². The Morgan fingerprint density at radius 1 is 1.36 bits per heavy atom. The number of ether oxygens (including phenoxy) is 1. The molecule has 2 heterocycles. The summed E-state index contributed by atoms with van der Waals surface area (Å²) in [7, 11) is 1.58. The number of aromatic nitrogens is 4. The van der Waals surface area contributed by atoms with E-state index in [1.807, 2.05) is 36.6 Å². The van der Waals surface area contributed by atoms with E-state index in [0.717, 1.165) is 11.5 Å². The normalized spacial score (nSPS) is 10.7. The van der Waals surface area contributed by atoms with Crippen LogP contribution >= 0.6 is 23.1 Å². The van der Waals surface area contributed by atoms with Crippen molar-refractivity contribution in [2.75, 3.05) is 12.0 Å². The summed E-state index contributed by atoms with van der Waals surface area (Å²) in [6.07, 6.45) is 0. The molecule has 1 N–H and O–H groups in total. The van der Waals surface area contributed by atoms with E-state index < -0.39 is 0 Å². The number of amides is 1. The second-order valence-electron chi connectivity index (χ2n) is 5.14. The fourth-order valence-electron chi connectivity index (χ4n) is 2.21. The molecule has 0 aliphatic heterocycles. The van der Waals surface area contributed by atoms with E-state index in [9.17, 15) is 4.79 Å². The minimum absolute atomic E-state index is 0.123. The Balaban J connectivity index is 1.81. The minimum atomic E-state index is -0.123. The highest BCUT2D eigenvalue weighted by molar-refractivity contribution is 7.98. The first kappa shape index (κ1) is 17.4. The highest BCUT2D eigenvalue weighted by Gasteiger charge is 2.21. The molecule has 0 saturated heterocycles. The van der Waals surface area contributed by atoms with Gasteiger partial charge in [-0.2, -0.15) is 0 Å². The third-order valence-corrected chi connectivity index (χ3v) is 5.05. The summed E-state index contributed by atoms with van der Waals surface area (Å²) in [6.45, 7) is 3.37. The average molecular weight is 375 g/mol. The molecular weight excluding hydrogens is 358 g/mol. The van der Waals surface area contributed by atoms with E-state index >= 15 is 0 Å². The molecule has 0 aliphatic rings. The van der Waals surface area contributed by atoms with E-state index in [0.29, 0.717) is 27.5 Å². The molecule has 130 valence electrons. The smallest absolute Gasteiger partial charge is 0.230 e. The van der Waals surface area contributed by atoms with E-state index in [1.165, 1.54) is 30.0 Å². The Labute approximate surface area is 153 Å². The highest BCUT2D eigenvalue weighted by Crippen LogP contribution is 2.36. The van der Waals surface area contributed by atoms with Gasteiger partial charge < -0.3 is 4.74 Å². The Bertz CT molecular complexity index is 877. The van der Waals surface area contributed by atoms with Crippen molar-refractivity contribution in [2.24, 2.45) is 0 Å². The van der Waals surface area contributed by atoms with Gasteiger partial charge in [-0.25, -0.2) is 9.97 Å². The monoisotopic (exact) mass is 375 g/mol. The van der Waals surface area contributed by atoms with E-state index in [-0.39, 0.29) is 5.91 Å². The first-order valence-corrected chi connectivity index (χ1v) is 9.35. The van der Waals surface area contributed by atoms with Crippen LogP contribution in [0.15, 0.2) is 34.8 Å². The maximum absolute atomic E-state index is 12.2. The maximum Gasteiger partial charge on any atom is 0.230 e. The number of hydrogen-bond acceptors (Lipinski definition) is 7. The number of carbonyl (C=O) groups excluding carboxylic acids is 1. The molecule has 0 spiro atoms. The third-order valence-electron chi connectivity index (χ3n) is 3.30. The zero-order chi connectivity index (χ0) is 17.8. The number of rotatable bonds is 6. The van der Waals surface area contributed by atoms with Crippen LogP contribution in [0.5, 0.6) is 5.75 Å². The minimum Gasteiger partial charge on any atom is -0.495 e. The Hall–Kier alpha value is -2.39. The predicted molar refractivity (Wildman–Crippen MR) is 98.6 cm³/mol. The Morgan fingerprint density at radius 2 is 2.16 bits per heavy atom. The Morgan fingerprint density at radius 3 is 2.84 bits per heavy atom. The zero-order valence-corrected chi connectivity index (χ0v) is 15.6. The summed E-state index contributed by atoms with van der Waals surface area (Å²) in [6, 6.07) is 7.39. The van der Waals surface area contributed by atoms with Crippen molar-refractivity contribution in [3.8, 4) is 5.75 Å². The topological polar surface area (TPSA) is 84.0 Å². The molecule has 1 amide bonds. The summed E-state index contributed by atoms with van der Waals surface area (Å²) in [5.41, 5.74) is 1.55. The van der Waals surface area contributed by atoms with Crippen LogP contribution in [0.4, 0.5) is 10.8 Å². The van der Waals surface area contributed by atoms with Crippen molar-refractivity contribution in [3.63, 3.8) is 0 Å². The second kappa shape index (κ2) is 7.66. The van der Waals surface area contributed by atoms with E-state index in [1.54, 1.807) is 12.0 Å². The molecule has 1 aromatic carbocycles. The molecular formula is C16H17N5O2S2. The number of aryl methyl sites for hydroxylation is 1. The molecule has 0 aliphatic carbocycles. The molecule has 0 unspecified atom stereocenters. The van der Waals surface area contributed by atoms with Gasteiger partial charge in [0.1, 0.15) is 11.6 Å². The summed E-state index contributed by atoms with van der Waals surface area (Å²) in [5, 5.41) is 10.1. The molecule has 25 heavy (non-hydrogen) atoms. The number of para-hydroxylation sites is 2. The number of nitrogens with one attached hydrogen (secondary N) is 1. The van der Waals surface area contributed by atoms with Crippen LogP contribution in [0.25, 0.3) is 0 Å². The highest BCUT2D eigenvalue weighted by atomic mass is 32.2. The molecule has 2 aromatic heterocycles. The number of aromatic amines is 1. The number of benzene rings is 1. The van der Waals surface area contributed by atoms with Crippen LogP contribution in [-0.4, -0.2) is 33.2 Å². The van der Waals surface area contributed by atoms with Crippen LogP contribution < -0.4 is 9.64 Å². The van der Waals surface area contributed by atoms with Gasteiger partial charge >= 0.3 is 0 Å². The van der Waals surface area contributed by atoms with Gasteiger partial charge in [-0.3, -0.25) is 14.8 Å². The standard InChI is InChI=1S/C16H17N5O2S2/c1-10-17-15(20-19-10)24-8-12-9-25-16(18-12)21(11(2)22)13-6-4-5-7-14(13)23-3/h4-7,9H,8H2,1-3H3,(H,17,19,20). The number of thioether (sulfide) groups is 1. The van der Waals surface area contributed by atoms with Crippen molar-refractivity contribution in [2.45, 2.75) is 24.8 Å². The third kappa shape index (κ3) is 3.99. The lowest BCUT2D eigenvalue weighted by molar-refractivity contribution is -0.115. The number of methoxy groups -OCH3 is 1. The fourth-order valence-corrected chi connectivity index (χ4v) is 3.93. The summed E-state index contributed by atoms with van der Waals surface area (Å²) in [5.74, 6) is 1.91. The molecule has 0 atom stereocenters. The van der Waals surface area contributed by atoms with Gasteiger partial charge in [0.2, 0.25) is 11.1 Å². The number of anilines is 2. The lowest BCUT2D eigenvalue weighted by atomic mass is 10.2. The number of H-pyrrole nitrogens is 1. The van der Waals surface area contributed by atoms with Gasteiger partial charge in [-0.15, -0.1) is 16.4 Å². The maximum atomic E-state index is 12.2. The van der Waals surface area contributed by atoms with Crippen molar-refractivity contribution in [1.82, 2.24) is 20.2 Å². The molecule has 9 heteroatoms. The Kier molecular flexibility index (Phi) is 5.34. The van der Waals surface area contributed by atoms with Crippen molar-refractivity contribution < 1.29 is 9.53 Å². The lowest BCUT2D eigenvalue weighted by Gasteiger charge is -2.20. The first-order valence-electron chi connectivity index (χ1n) is 7.48. The van der Waals surface area contributed by atoms with Gasteiger partial charge in [0.05, 0.1) is 18.5 Å². The van der Waals surface area contributed by atoms with Crippen LogP contribution in [0.2, 0.25) is 0 Å². The molecule has 7 nitrogen and oxygen atoms in total. The van der Waals surface area contributed by atoms with E-state index in [2.05, 4.69) is 20.2 Å². The van der Waals surface area contributed by atoms with Gasteiger partial charge in [-0.05, 0) is 19.1 Å². The fraction of sp³-hybridized carbons (Fsp3) is 0.250. The summed E-state index contributed by atoms with van der Waals surface area (Å²) in [4.78, 5) is 22.6. The van der Waals surface area contributed by atoms with Gasteiger partial charge in [0, 0.05) is 18.1 Å². The SMILES string of the molecule is COc1ccccc1N(C(C)=O)c1nc(CSc2n[nH]c(C)n2)cs1. The number of nitrogens with zero attached hydrogens (tertiary/aromatic N) is 4. The molecule has 0 bridgehead atoms. The summed E-state index contributed by atoms with van der Waals surface area (Å²) >= 11 is 2.91. The van der Waals surface area contributed by atoms with Gasteiger partial charge in [0.25, 0.3) is 0 Å². The largest absolute Gasteiger partial charge is 0.495 e. The molecule has 0 radical (unpaired) electrons. The van der Waals surface area contributed by atoms with Crippen LogP contribution in [-0.2, 0) is 10.5 Å². The van der Waals surface area contributed by atoms with Crippen LogP contribution in [0.1, 0.15) is 18.4 Å². The second-order valence-corrected chi connectivity index (χ2v) is 6.92. The quantitative estimate of drug-likeness (QED) is 0.663. The first-order chi connectivity index (χ1) is 12.1. The van der Waals surface area contributed by atoms with Crippen LogP contribution in [0, 0.1) is 6.92 Å². The predicted octanol–water partition coefficient (Wildman–Crippen LogP) is 3.56. The number of carbonyl (C=O) groups is 1. The van der Waals surface area contributed by atoms with Crippen molar-refractivity contribution >= 4 is 39.8 Å². The molecule has 3 rings (SSSR count). The van der Waals surface area contributed by atoms with Crippen molar-refractivity contribution in [1.29, 1.82) is 0 Å². The lowest BCUT2D eigenvalue weighted by Crippen LogP contribution is -2.23. The van der Waals surface area contributed by atoms with E-state index in [4.69, 9.17) is 4.74 Å². The van der Waals surface area contributed by atoms with Gasteiger partial charge in [-0.1, -0.05) is 23.9 Å². The summed E-state index contributed by atoms with van der Waals surface area (Å²) < 4.78 is 5.37. The van der Waals surface area contributed by atoms with Crippen LogP contribution in [0.3, 0.4) is 0 Å². The zero-order valence-electron chi connectivity index (χ0n) is 14.0. The molecule has 0 fully saturated rings. The van der Waals surface area contributed by atoms with Gasteiger partial charge in [0.15, 0.2) is 5.13 Å². The molecule has 0 saturated carbocycles. The number of thiazole rings is 1. The number of hydrogen-bond donors (Lipinski definition) is 1. The molecule has 3 aromatic rings. The average Bonchev–Trinajstić information content (AvgIpc) is 3.22.